The van der Waals surface area contributed by atoms with Crippen molar-refractivity contribution in [3.8, 4) is 38.6 Å². The van der Waals surface area contributed by atoms with E-state index in [2.05, 4.69) is 99.5 Å². The number of fused-ring (bicyclic) bond motifs is 5. The van der Waals surface area contributed by atoms with E-state index in [9.17, 15) is 0 Å². The third kappa shape index (κ3) is 3.71. The fourth-order valence-corrected chi connectivity index (χ4v) is 6.77. The van der Waals surface area contributed by atoms with E-state index < -0.39 is 0 Å². The fraction of sp³-hybridized carbons (Fsp3) is 0. The predicted octanol–water partition coefficient (Wildman–Crippen LogP) is 9.18. The van der Waals surface area contributed by atoms with Crippen LogP contribution in [0.1, 0.15) is 0 Å². The molecule has 0 bridgehead atoms. The van der Waals surface area contributed by atoms with Crippen molar-refractivity contribution in [2.24, 2.45) is 0 Å². The number of para-hydroxylation sites is 1. The molecular formula is C35H22N4S. The van der Waals surface area contributed by atoms with Gasteiger partial charge in [-0.2, -0.15) is 0 Å². The second kappa shape index (κ2) is 9.26. The monoisotopic (exact) mass is 530 g/mol. The third-order valence-electron chi connectivity index (χ3n) is 7.41. The number of thiophene rings is 1. The summed E-state index contributed by atoms with van der Waals surface area (Å²) >= 11 is 1.86. The van der Waals surface area contributed by atoms with Crippen molar-refractivity contribution in [1.29, 1.82) is 0 Å². The summed E-state index contributed by atoms with van der Waals surface area (Å²) in [7, 11) is 0. The van der Waals surface area contributed by atoms with Crippen molar-refractivity contribution in [2.45, 2.75) is 0 Å². The SMILES string of the molecule is c1ccc(-c2cc3ccc4c(c5ccccc5n4-c4cc(-c5ccncc5)cc(-c5ccncc5)n4)c3s2)cc1. The molecule has 4 nitrogen and oxygen atoms in total. The molecule has 40 heavy (non-hydrogen) atoms. The molecule has 0 N–H and O–H groups in total. The summed E-state index contributed by atoms with van der Waals surface area (Å²) in [6.07, 6.45) is 7.29. The first-order chi connectivity index (χ1) is 19.8. The maximum Gasteiger partial charge on any atom is 0.138 e. The molecule has 5 aromatic heterocycles. The summed E-state index contributed by atoms with van der Waals surface area (Å²) in [6, 6.07) is 38.5. The topological polar surface area (TPSA) is 43.6 Å². The molecule has 0 radical (unpaired) electrons. The highest BCUT2D eigenvalue weighted by Gasteiger charge is 2.18. The summed E-state index contributed by atoms with van der Waals surface area (Å²) in [5.41, 5.74) is 7.66. The Labute approximate surface area is 234 Å². The van der Waals surface area contributed by atoms with Gasteiger partial charge in [0.05, 0.1) is 16.7 Å². The lowest BCUT2D eigenvalue weighted by atomic mass is 10.0. The van der Waals surface area contributed by atoms with E-state index in [1.807, 2.05) is 60.4 Å². The lowest BCUT2D eigenvalue weighted by Gasteiger charge is -2.12. The van der Waals surface area contributed by atoms with Crippen LogP contribution in [0.2, 0.25) is 0 Å². The van der Waals surface area contributed by atoms with E-state index in [1.165, 1.54) is 31.3 Å². The first-order valence-electron chi connectivity index (χ1n) is 13.2. The smallest absolute Gasteiger partial charge is 0.138 e. The standard InChI is InChI=1S/C35H22N4S/c1-2-6-25(7-3-1)32-21-26-10-11-31-34(35(26)40-32)28-8-4-5-9-30(28)39(31)33-22-27(23-12-16-36-17-13-23)20-29(38-33)24-14-18-37-19-15-24/h1-22H. The average molecular weight is 531 g/mol. The van der Waals surface area contributed by atoms with E-state index in [1.54, 1.807) is 0 Å². The molecule has 0 aliphatic heterocycles. The Bertz CT molecular complexity index is 2090. The lowest BCUT2D eigenvalue weighted by Crippen LogP contribution is -2.00. The van der Waals surface area contributed by atoms with Crippen LogP contribution in [0.3, 0.4) is 0 Å². The largest absolute Gasteiger partial charge is 0.294 e. The van der Waals surface area contributed by atoms with Crippen molar-refractivity contribution < 1.29 is 0 Å². The van der Waals surface area contributed by atoms with E-state index in [-0.39, 0.29) is 0 Å². The maximum absolute atomic E-state index is 5.23. The minimum Gasteiger partial charge on any atom is -0.294 e. The molecule has 0 atom stereocenters. The molecule has 0 spiro atoms. The summed E-state index contributed by atoms with van der Waals surface area (Å²) < 4.78 is 3.60. The first kappa shape index (κ1) is 22.8. The van der Waals surface area contributed by atoms with E-state index in [4.69, 9.17) is 4.98 Å². The molecule has 0 saturated heterocycles. The van der Waals surface area contributed by atoms with Gasteiger partial charge in [-0.15, -0.1) is 11.3 Å². The van der Waals surface area contributed by atoms with Gasteiger partial charge in [0.25, 0.3) is 0 Å². The molecule has 5 heteroatoms. The molecule has 0 amide bonds. The van der Waals surface area contributed by atoms with Crippen LogP contribution in [-0.2, 0) is 0 Å². The molecule has 0 unspecified atom stereocenters. The average Bonchev–Trinajstić information content (AvgIpc) is 3.62. The first-order valence-corrected chi connectivity index (χ1v) is 14.0. The van der Waals surface area contributed by atoms with Crippen LogP contribution < -0.4 is 0 Å². The molecule has 3 aromatic carbocycles. The Morgan fingerprint density at radius 3 is 2.08 bits per heavy atom. The van der Waals surface area contributed by atoms with Gasteiger partial charge >= 0.3 is 0 Å². The zero-order valence-corrected chi connectivity index (χ0v) is 22.2. The van der Waals surface area contributed by atoms with Crippen molar-refractivity contribution in [3.05, 3.63) is 134 Å². The van der Waals surface area contributed by atoms with Gasteiger partial charge in [-0.05, 0) is 76.7 Å². The minimum atomic E-state index is 0.881. The zero-order valence-electron chi connectivity index (χ0n) is 21.4. The van der Waals surface area contributed by atoms with Crippen molar-refractivity contribution in [3.63, 3.8) is 0 Å². The second-order valence-corrected chi connectivity index (χ2v) is 10.8. The van der Waals surface area contributed by atoms with Gasteiger partial charge in [0.1, 0.15) is 5.82 Å². The maximum atomic E-state index is 5.23. The molecule has 8 rings (SSSR count). The molecule has 0 aliphatic carbocycles. The number of hydrogen-bond acceptors (Lipinski definition) is 4. The van der Waals surface area contributed by atoms with Crippen LogP contribution in [0.5, 0.6) is 0 Å². The Hall–Kier alpha value is -5.13. The van der Waals surface area contributed by atoms with Gasteiger partial charge in [0, 0.05) is 50.7 Å². The molecule has 0 saturated carbocycles. The zero-order chi connectivity index (χ0) is 26.5. The minimum absolute atomic E-state index is 0.881. The number of hydrogen-bond donors (Lipinski definition) is 0. The molecule has 0 fully saturated rings. The highest BCUT2D eigenvalue weighted by Crippen LogP contribution is 2.43. The van der Waals surface area contributed by atoms with Gasteiger partial charge in [-0.1, -0.05) is 54.6 Å². The lowest BCUT2D eigenvalue weighted by molar-refractivity contribution is 1.08. The summed E-state index contributed by atoms with van der Waals surface area (Å²) in [5, 5.41) is 3.75. The summed E-state index contributed by atoms with van der Waals surface area (Å²) in [5.74, 6) is 0.881. The summed E-state index contributed by atoms with van der Waals surface area (Å²) in [6.45, 7) is 0. The van der Waals surface area contributed by atoms with Crippen molar-refractivity contribution in [2.75, 3.05) is 0 Å². The van der Waals surface area contributed by atoms with Gasteiger partial charge < -0.3 is 0 Å². The molecule has 0 aliphatic rings. The van der Waals surface area contributed by atoms with Crippen LogP contribution in [0, 0.1) is 0 Å². The number of rotatable bonds is 4. The highest BCUT2D eigenvalue weighted by molar-refractivity contribution is 7.23. The molecule has 8 aromatic rings. The Balaban J connectivity index is 1.43. The Kier molecular flexibility index (Phi) is 5.28. The number of nitrogens with zero attached hydrogens (tertiary/aromatic N) is 4. The van der Waals surface area contributed by atoms with Crippen LogP contribution in [0.4, 0.5) is 0 Å². The number of benzene rings is 3. The van der Waals surface area contributed by atoms with E-state index in [0.29, 0.717) is 0 Å². The summed E-state index contributed by atoms with van der Waals surface area (Å²) in [4.78, 5) is 15.0. The Morgan fingerprint density at radius 2 is 1.27 bits per heavy atom. The normalized spacial score (nSPS) is 11.5. The number of aromatic nitrogens is 4. The van der Waals surface area contributed by atoms with Crippen LogP contribution in [0.15, 0.2) is 134 Å². The Morgan fingerprint density at radius 1 is 0.550 bits per heavy atom. The van der Waals surface area contributed by atoms with Crippen LogP contribution >= 0.6 is 11.3 Å². The fourth-order valence-electron chi connectivity index (χ4n) is 5.55. The molecular weight excluding hydrogens is 508 g/mol. The van der Waals surface area contributed by atoms with Gasteiger partial charge in [0.15, 0.2) is 0 Å². The quantitative estimate of drug-likeness (QED) is 0.228. The van der Waals surface area contributed by atoms with Gasteiger partial charge in [-0.3, -0.25) is 14.5 Å². The van der Waals surface area contributed by atoms with Crippen LogP contribution in [-0.4, -0.2) is 19.5 Å². The van der Waals surface area contributed by atoms with Gasteiger partial charge in [-0.25, -0.2) is 4.98 Å². The van der Waals surface area contributed by atoms with Crippen molar-refractivity contribution >= 4 is 43.2 Å². The van der Waals surface area contributed by atoms with E-state index >= 15 is 0 Å². The highest BCUT2D eigenvalue weighted by atomic mass is 32.1. The van der Waals surface area contributed by atoms with Gasteiger partial charge in [0.2, 0.25) is 0 Å². The van der Waals surface area contributed by atoms with Crippen molar-refractivity contribution in [1.82, 2.24) is 19.5 Å². The number of pyridine rings is 3. The van der Waals surface area contributed by atoms with E-state index in [0.717, 1.165) is 39.2 Å². The third-order valence-corrected chi connectivity index (χ3v) is 8.63. The molecule has 188 valence electrons. The van der Waals surface area contributed by atoms with Crippen LogP contribution in [0.25, 0.3) is 70.5 Å². The second-order valence-electron chi connectivity index (χ2n) is 9.78. The predicted molar refractivity (Wildman–Crippen MR) is 166 cm³/mol. The molecule has 5 heterocycles.